The topological polar surface area (TPSA) is 46.5 Å². The van der Waals surface area contributed by atoms with Crippen LogP contribution >= 0.6 is 0 Å². The van der Waals surface area contributed by atoms with Gasteiger partial charge in [-0.3, -0.25) is 0 Å². The van der Waals surface area contributed by atoms with Gasteiger partial charge in [0.05, 0.1) is 0 Å². The number of carboxylic acids is 1. The maximum absolute atomic E-state index is 10.8. The Kier molecular flexibility index (Phi) is 5.57. The van der Waals surface area contributed by atoms with Gasteiger partial charge in [-0.25, -0.2) is 4.79 Å². The van der Waals surface area contributed by atoms with Crippen LogP contribution in [0.1, 0.15) is 33.3 Å². The van der Waals surface area contributed by atoms with Gasteiger partial charge in [-0.2, -0.15) is 0 Å². The van der Waals surface area contributed by atoms with Gasteiger partial charge in [-0.15, -0.1) is 0 Å². The van der Waals surface area contributed by atoms with Crippen molar-refractivity contribution in [2.75, 3.05) is 0 Å². The standard InChI is InChI=1S/C11H14O3.C2H6/c1-8-4-6-9(7-5-8)14-11(2,3)10(12)13;1-2/h4-7H,1-3H3,(H,12,13);1-2H3. The molecule has 3 nitrogen and oxygen atoms in total. The molecule has 1 aromatic rings. The highest BCUT2D eigenvalue weighted by Crippen LogP contribution is 2.18. The fourth-order valence-corrected chi connectivity index (χ4v) is 0.945. The van der Waals surface area contributed by atoms with E-state index in [4.69, 9.17) is 9.84 Å². The van der Waals surface area contributed by atoms with Gasteiger partial charge in [0.25, 0.3) is 0 Å². The fourth-order valence-electron chi connectivity index (χ4n) is 0.945. The summed E-state index contributed by atoms with van der Waals surface area (Å²) in [6, 6.07) is 7.29. The number of hydrogen-bond acceptors (Lipinski definition) is 2. The van der Waals surface area contributed by atoms with E-state index in [9.17, 15) is 4.79 Å². The zero-order chi connectivity index (χ0) is 12.8. The zero-order valence-corrected chi connectivity index (χ0v) is 10.6. The number of ether oxygens (including phenoxy) is 1. The molecule has 1 N–H and O–H groups in total. The van der Waals surface area contributed by atoms with Crippen molar-refractivity contribution in [2.45, 2.75) is 40.2 Å². The van der Waals surface area contributed by atoms with Gasteiger partial charge in [0.2, 0.25) is 0 Å². The van der Waals surface area contributed by atoms with E-state index < -0.39 is 11.6 Å². The molecule has 1 rings (SSSR count). The van der Waals surface area contributed by atoms with Crippen molar-refractivity contribution in [2.24, 2.45) is 0 Å². The molecule has 0 atom stereocenters. The van der Waals surface area contributed by atoms with Crippen LogP contribution in [0.15, 0.2) is 24.3 Å². The van der Waals surface area contributed by atoms with E-state index in [-0.39, 0.29) is 0 Å². The van der Waals surface area contributed by atoms with Crippen LogP contribution in [0.3, 0.4) is 0 Å². The number of carboxylic acid groups (broad SMARTS) is 1. The monoisotopic (exact) mass is 224 g/mol. The van der Waals surface area contributed by atoms with Crippen molar-refractivity contribution < 1.29 is 14.6 Å². The summed E-state index contributed by atoms with van der Waals surface area (Å²) in [4.78, 5) is 10.8. The molecule has 16 heavy (non-hydrogen) atoms. The van der Waals surface area contributed by atoms with E-state index in [2.05, 4.69) is 0 Å². The Morgan fingerprint density at radius 3 is 2.00 bits per heavy atom. The van der Waals surface area contributed by atoms with Crippen LogP contribution < -0.4 is 4.74 Å². The molecule has 0 bridgehead atoms. The Hall–Kier alpha value is -1.51. The molecule has 0 aliphatic heterocycles. The first-order chi connectivity index (χ1) is 7.42. The summed E-state index contributed by atoms with van der Waals surface area (Å²) in [5, 5.41) is 8.83. The second-order valence-electron chi connectivity index (χ2n) is 3.73. The first-order valence-corrected chi connectivity index (χ1v) is 5.41. The minimum absolute atomic E-state index is 0.572. The van der Waals surface area contributed by atoms with E-state index in [1.807, 2.05) is 32.9 Å². The summed E-state index contributed by atoms with van der Waals surface area (Å²) in [5.41, 5.74) is -0.0691. The number of aliphatic carboxylic acids is 1. The molecule has 0 unspecified atom stereocenters. The van der Waals surface area contributed by atoms with Crippen LogP contribution in [0.2, 0.25) is 0 Å². The van der Waals surface area contributed by atoms with Crippen molar-refractivity contribution in [3.05, 3.63) is 29.8 Å². The van der Waals surface area contributed by atoms with E-state index in [1.165, 1.54) is 13.8 Å². The van der Waals surface area contributed by atoms with E-state index >= 15 is 0 Å². The Morgan fingerprint density at radius 1 is 1.19 bits per heavy atom. The lowest BCUT2D eigenvalue weighted by molar-refractivity contribution is -0.152. The van der Waals surface area contributed by atoms with Crippen molar-refractivity contribution in [3.8, 4) is 5.75 Å². The predicted molar refractivity (Wildman–Crippen MR) is 64.9 cm³/mol. The molecule has 1 aromatic carbocycles. The Balaban J connectivity index is 0.00000106. The lowest BCUT2D eigenvalue weighted by Crippen LogP contribution is -2.37. The fraction of sp³-hybridized carbons (Fsp3) is 0.462. The predicted octanol–water partition coefficient (Wildman–Crippen LogP) is 3.26. The highest BCUT2D eigenvalue weighted by Gasteiger charge is 2.29. The van der Waals surface area contributed by atoms with Gasteiger partial charge in [0, 0.05) is 0 Å². The average Bonchev–Trinajstić information content (AvgIpc) is 2.24. The SMILES string of the molecule is CC.Cc1ccc(OC(C)(C)C(=O)O)cc1. The number of carbonyl (C=O) groups is 1. The van der Waals surface area contributed by atoms with Gasteiger partial charge in [-0.1, -0.05) is 31.5 Å². The molecule has 0 amide bonds. The highest BCUT2D eigenvalue weighted by atomic mass is 16.5. The molecule has 0 fully saturated rings. The Labute approximate surface area is 97.1 Å². The maximum atomic E-state index is 10.8. The van der Waals surface area contributed by atoms with Crippen LogP contribution in [-0.2, 0) is 4.79 Å². The number of hydrogen-bond donors (Lipinski definition) is 1. The van der Waals surface area contributed by atoms with Crippen LogP contribution in [0.4, 0.5) is 0 Å². The Morgan fingerprint density at radius 2 is 1.62 bits per heavy atom. The van der Waals surface area contributed by atoms with Gasteiger partial charge >= 0.3 is 5.97 Å². The smallest absolute Gasteiger partial charge is 0.347 e. The van der Waals surface area contributed by atoms with Crippen molar-refractivity contribution in [1.29, 1.82) is 0 Å². The highest BCUT2D eigenvalue weighted by molar-refractivity contribution is 5.76. The number of aryl methyl sites for hydroxylation is 1. The minimum atomic E-state index is -1.19. The number of rotatable bonds is 3. The van der Waals surface area contributed by atoms with Crippen LogP contribution in [0, 0.1) is 6.92 Å². The lowest BCUT2D eigenvalue weighted by Gasteiger charge is -2.21. The minimum Gasteiger partial charge on any atom is -0.478 e. The summed E-state index contributed by atoms with van der Waals surface area (Å²) < 4.78 is 5.32. The zero-order valence-electron chi connectivity index (χ0n) is 10.6. The molecule has 0 spiro atoms. The average molecular weight is 224 g/mol. The third-order valence-electron chi connectivity index (χ3n) is 1.91. The van der Waals surface area contributed by atoms with E-state index in [0.29, 0.717) is 5.75 Å². The molecule has 0 aliphatic carbocycles. The quantitative estimate of drug-likeness (QED) is 0.857. The van der Waals surface area contributed by atoms with E-state index in [1.54, 1.807) is 12.1 Å². The van der Waals surface area contributed by atoms with E-state index in [0.717, 1.165) is 5.56 Å². The lowest BCUT2D eigenvalue weighted by atomic mass is 10.1. The first kappa shape index (κ1) is 14.5. The molecular weight excluding hydrogens is 204 g/mol. The van der Waals surface area contributed by atoms with Crippen LogP contribution in [-0.4, -0.2) is 16.7 Å². The first-order valence-electron chi connectivity index (χ1n) is 5.41. The number of benzene rings is 1. The van der Waals surface area contributed by atoms with Gasteiger partial charge in [0.1, 0.15) is 5.75 Å². The molecule has 3 heteroatoms. The summed E-state index contributed by atoms with van der Waals surface area (Å²) >= 11 is 0. The van der Waals surface area contributed by atoms with Crippen molar-refractivity contribution >= 4 is 5.97 Å². The molecule has 0 aliphatic rings. The van der Waals surface area contributed by atoms with Gasteiger partial charge in [-0.05, 0) is 32.9 Å². The summed E-state index contributed by atoms with van der Waals surface area (Å²) in [5.74, 6) is -0.402. The second-order valence-corrected chi connectivity index (χ2v) is 3.73. The van der Waals surface area contributed by atoms with Crippen molar-refractivity contribution in [1.82, 2.24) is 0 Å². The second kappa shape index (κ2) is 6.16. The Bertz CT molecular complexity index is 326. The van der Waals surface area contributed by atoms with Crippen LogP contribution in [0.5, 0.6) is 5.75 Å². The molecular formula is C13H20O3. The molecule has 0 aromatic heterocycles. The molecule has 0 radical (unpaired) electrons. The largest absolute Gasteiger partial charge is 0.478 e. The molecule has 0 saturated heterocycles. The third kappa shape index (κ3) is 4.34. The van der Waals surface area contributed by atoms with Gasteiger partial charge < -0.3 is 9.84 Å². The summed E-state index contributed by atoms with van der Waals surface area (Å²) in [7, 11) is 0. The third-order valence-corrected chi connectivity index (χ3v) is 1.91. The molecule has 0 heterocycles. The molecule has 90 valence electrons. The van der Waals surface area contributed by atoms with Crippen LogP contribution in [0.25, 0.3) is 0 Å². The summed E-state index contributed by atoms with van der Waals surface area (Å²) in [6.45, 7) is 9.01. The normalized spacial score (nSPS) is 10.1. The van der Waals surface area contributed by atoms with Gasteiger partial charge in [0.15, 0.2) is 5.60 Å². The maximum Gasteiger partial charge on any atom is 0.347 e. The van der Waals surface area contributed by atoms with Crippen molar-refractivity contribution in [3.63, 3.8) is 0 Å². The summed E-state index contributed by atoms with van der Waals surface area (Å²) in [6.07, 6.45) is 0. The molecule has 0 saturated carbocycles.